The first kappa shape index (κ1) is 17.7. The second-order valence-electron chi connectivity index (χ2n) is 6.28. The molecule has 1 atom stereocenters. The van der Waals surface area contributed by atoms with Crippen molar-refractivity contribution < 1.29 is 17.6 Å². The monoisotopic (exact) mass is 353 g/mol. The minimum atomic E-state index is -2.56. The van der Waals surface area contributed by atoms with Crippen LogP contribution in [-0.2, 0) is 6.54 Å². The topological polar surface area (TPSA) is 19.4 Å². The van der Waals surface area contributed by atoms with E-state index in [9.17, 15) is 17.6 Å². The molecular weight excluding hydrogens is 334 g/mol. The van der Waals surface area contributed by atoms with Crippen LogP contribution in [0.2, 0.25) is 0 Å². The molecule has 0 radical (unpaired) electrons. The maximum Gasteiger partial charge on any atom is 0.265 e. The molecule has 3 rings (SSSR count). The molecule has 1 aliphatic heterocycles. The summed E-state index contributed by atoms with van der Waals surface area (Å²) in [4.78, 5) is 7.77. The zero-order valence-corrected chi connectivity index (χ0v) is 13.8. The highest BCUT2D eigenvalue weighted by molar-refractivity contribution is 5.48. The standard InChI is InChI=1S/C18H19F4N3/c1-12-10-24(11-13-2-3-23-9-17(13)18(21)22)4-5-25(12)16-7-14(19)6-15(20)8-16/h2-3,6-9,12,18H,4-5,10-11H2,1H3/t12-/m1/s1. The number of hydrogen-bond donors (Lipinski definition) is 0. The summed E-state index contributed by atoms with van der Waals surface area (Å²) >= 11 is 0. The normalized spacial score (nSPS) is 18.8. The van der Waals surface area contributed by atoms with Crippen molar-refractivity contribution in [3.8, 4) is 0 Å². The second kappa shape index (κ2) is 7.39. The van der Waals surface area contributed by atoms with E-state index in [4.69, 9.17) is 0 Å². The average Bonchev–Trinajstić information content (AvgIpc) is 2.54. The molecule has 2 heterocycles. The number of rotatable bonds is 4. The van der Waals surface area contributed by atoms with Crippen LogP contribution in [-0.4, -0.2) is 35.6 Å². The molecule has 0 aliphatic carbocycles. The van der Waals surface area contributed by atoms with Crippen molar-refractivity contribution in [3.63, 3.8) is 0 Å². The lowest BCUT2D eigenvalue weighted by molar-refractivity contribution is 0.146. The minimum Gasteiger partial charge on any atom is -0.366 e. The van der Waals surface area contributed by atoms with Gasteiger partial charge in [0.1, 0.15) is 11.6 Å². The van der Waals surface area contributed by atoms with Gasteiger partial charge in [-0.1, -0.05) is 0 Å². The first-order valence-corrected chi connectivity index (χ1v) is 8.10. The molecule has 1 aliphatic rings. The molecule has 0 N–H and O–H groups in total. The number of anilines is 1. The molecule has 1 saturated heterocycles. The molecule has 1 aromatic heterocycles. The van der Waals surface area contributed by atoms with Crippen LogP contribution in [0.4, 0.5) is 23.2 Å². The Labute approximate surface area is 143 Å². The number of alkyl halides is 2. The van der Waals surface area contributed by atoms with Crippen molar-refractivity contribution in [1.29, 1.82) is 0 Å². The molecule has 0 unspecified atom stereocenters. The number of piperazine rings is 1. The Morgan fingerprint density at radius 3 is 2.52 bits per heavy atom. The number of aromatic nitrogens is 1. The molecule has 134 valence electrons. The van der Waals surface area contributed by atoms with Crippen LogP contribution in [0.3, 0.4) is 0 Å². The first-order chi connectivity index (χ1) is 11.9. The predicted molar refractivity (Wildman–Crippen MR) is 87.6 cm³/mol. The molecule has 1 aromatic carbocycles. The Hall–Kier alpha value is -2.15. The first-order valence-electron chi connectivity index (χ1n) is 8.10. The fourth-order valence-corrected chi connectivity index (χ4v) is 3.28. The van der Waals surface area contributed by atoms with Gasteiger partial charge in [-0.25, -0.2) is 17.6 Å². The van der Waals surface area contributed by atoms with Gasteiger partial charge in [0.15, 0.2) is 0 Å². The summed E-state index contributed by atoms with van der Waals surface area (Å²) in [5.74, 6) is -1.22. The van der Waals surface area contributed by atoms with Gasteiger partial charge < -0.3 is 4.90 Å². The van der Waals surface area contributed by atoms with Gasteiger partial charge in [0.2, 0.25) is 0 Å². The van der Waals surface area contributed by atoms with Gasteiger partial charge in [0.25, 0.3) is 6.43 Å². The third-order valence-electron chi connectivity index (χ3n) is 4.47. The minimum absolute atomic E-state index is 0.00628. The summed E-state index contributed by atoms with van der Waals surface area (Å²) in [6.07, 6.45) is 0.156. The SMILES string of the molecule is C[C@@H]1CN(Cc2ccncc2C(F)F)CCN1c1cc(F)cc(F)c1. The van der Waals surface area contributed by atoms with Crippen LogP contribution in [0, 0.1) is 11.6 Å². The Morgan fingerprint density at radius 2 is 1.88 bits per heavy atom. The predicted octanol–water partition coefficient (Wildman–Crippen LogP) is 4.01. The van der Waals surface area contributed by atoms with Crippen LogP contribution >= 0.6 is 0 Å². The second-order valence-corrected chi connectivity index (χ2v) is 6.28. The molecule has 0 spiro atoms. The maximum atomic E-state index is 13.4. The average molecular weight is 353 g/mol. The van der Waals surface area contributed by atoms with Crippen LogP contribution in [0.5, 0.6) is 0 Å². The molecular formula is C18H19F4N3. The van der Waals surface area contributed by atoms with E-state index in [0.29, 0.717) is 37.4 Å². The van der Waals surface area contributed by atoms with Crippen molar-refractivity contribution in [2.45, 2.75) is 25.9 Å². The van der Waals surface area contributed by atoms with E-state index in [1.165, 1.54) is 24.5 Å². The van der Waals surface area contributed by atoms with Gasteiger partial charge in [-0.3, -0.25) is 9.88 Å². The third kappa shape index (κ3) is 4.10. The molecule has 3 nitrogen and oxygen atoms in total. The third-order valence-corrected chi connectivity index (χ3v) is 4.47. The highest BCUT2D eigenvalue weighted by atomic mass is 19.3. The highest BCUT2D eigenvalue weighted by Crippen LogP contribution is 2.26. The van der Waals surface area contributed by atoms with Crippen molar-refractivity contribution in [3.05, 3.63) is 59.4 Å². The zero-order valence-electron chi connectivity index (χ0n) is 13.8. The highest BCUT2D eigenvalue weighted by Gasteiger charge is 2.25. The van der Waals surface area contributed by atoms with Gasteiger partial charge in [-0.2, -0.15) is 0 Å². The lowest BCUT2D eigenvalue weighted by Crippen LogP contribution is -2.51. The van der Waals surface area contributed by atoms with Crippen molar-refractivity contribution in [1.82, 2.24) is 9.88 Å². The van der Waals surface area contributed by atoms with E-state index in [2.05, 4.69) is 9.88 Å². The van der Waals surface area contributed by atoms with Crippen molar-refractivity contribution in [2.24, 2.45) is 0 Å². The van der Waals surface area contributed by atoms with Gasteiger partial charge in [0, 0.05) is 61.9 Å². The van der Waals surface area contributed by atoms with E-state index in [0.717, 1.165) is 6.07 Å². The number of hydrogen-bond acceptors (Lipinski definition) is 3. The number of nitrogens with zero attached hydrogens (tertiary/aromatic N) is 3. The molecule has 0 saturated carbocycles. The lowest BCUT2D eigenvalue weighted by Gasteiger charge is -2.41. The van der Waals surface area contributed by atoms with Crippen LogP contribution in [0.15, 0.2) is 36.7 Å². The number of pyridine rings is 1. The van der Waals surface area contributed by atoms with Gasteiger partial charge >= 0.3 is 0 Å². The lowest BCUT2D eigenvalue weighted by atomic mass is 10.1. The van der Waals surface area contributed by atoms with E-state index in [-0.39, 0.29) is 11.6 Å². The van der Waals surface area contributed by atoms with Crippen molar-refractivity contribution in [2.75, 3.05) is 24.5 Å². The molecule has 1 fully saturated rings. The molecule has 0 bridgehead atoms. The summed E-state index contributed by atoms with van der Waals surface area (Å²) in [6, 6.07) is 5.09. The Bertz CT molecular complexity index is 718. The molecule has 25 heavy (non-hydrogen) atoms. The maximum absolute atomic E-state index is 13.4. The van der Waals surface area contributed by atoms with Crippen LogP contribution in [0.25, 0.3) is 0 Å². The smallest absolute Gasteiger partial charge is 0.265 e. The van der Waals surface area contributed by atoms with Gasteiger partial charge in [0.05, 0.1) is 0 Å². The van der Waals surface area contributed by atoms with E-state index in [1.807, 2.05) is 11.8 Å². The summed E-state index contributed by atoms with van der Waals surface area (Å²) in [7, 11) is 0. The number of benzene rings is 1. The van der Waals surface area contributed by atoms with Crippen LogP contribution in [0.1, 0.15) is 24.5 Å². The zero-order chi connectivity index (χ0) is 18.0. The fourth-order valence-electron chi connectivity index (χ4n) is 3.28. The van der Waals surface area contributed by atoms with E-state index < -0.39 is 18.1 Å². The molecule has 0 amide bonds. The Balaban J connectivity index is 1.70. The van der Waals surface area contributed by atoms with Crippen LogP contribution < -0.4 is 4.90 Å². The summed E-state index contributed by atoms with van der Waals surface area (Å²) in [5, 5.41) is 0. The van der Waals surface area contributed by atoms with E-state index in [1.54, 1.807) is 6.07 Å². The Morgan fingerprint density at radius 1 is 1.16 bits per heavy atom. The van der Waals surface area contributed by atoms with E-state index >= 15 is 0 Å². The summed E-state index contributed by atoms with van der Waals surface area (Å²) in [6.45, 7) is 4.16. The number of halogens is 4. The van der Waals surface area contributed by atoms with Gasteiger partial charge in [-0.15, -0.1) is 0 Å². The largest absolute Gasteiger partial charge is 0.366 e. The summed E-state index contributed by atoms with van der Waals surface area (Å²) < 4.78 is 53.0. The summed E-state index contributed by atoms with van der Waals surface area (Å²) in [5.41, 5.74) is 1.01. The van der Waals surface area contributed by atoms with Crippen molar-refractivity contribution >= 4 is 5.69 Å². The molecule has 2 aromatic rings. The van der Waals surface area contributed by atoms with Gasteiger partial charge in [-0.05, 0) is 30.7 Å². The quantitative estimate of drug-likeness (QED) is 0.775. The fraction of sp³-hybridized carbons (Fsp3) is 0.389. The molecule has 7 heteroatoms. The Kier molecular flexibility index (Phi) is 5.22.